The van der Waals surface area contributed by atoms with Crippen LogP contribution in [-0.4, -0.2) is 5.11 Å². The van der Waals surface area contributed by atoms with E-state index in [-0.39, 0.29) is 11.2 Å². The van der Waals surface area contributed by atoms with Gasteiger partial charge in [-0.1, -0.05) is 18.2 Å². The second-order valence-corrected chi connectivity index (χ2v) is 5.59. The first kappa shape index (κ1) is 15.0. The van der Waals surface area contributed by atoms with Crippen LogP contribution in [0.15, 0.2) is 88.1 Å². The molecule has 25 heavy (non-hydrogen) atoms. The molecule has 0 aliphatic heterocycles. The molecule has 0 bridgehead atoms. The highest BCUT2D eigenvalue weighted by molar-refractivity contribution is 5.80. The van der Waals surface area contributed by atoms with E-state index in [1.165, 1.54) is 18.2 Å². The maximum atomic E-state index is 12.2. The summed E-state index contributed by atoms with van der Waals surface area (Å²) in [6.45, 7) is 0. The van der Waals surface area contributed by atoms with Crippen molar-refractivity contribution in [3.05, 3.63) is 89.1 Å². The van der Waals surface area contributed by atoms with E-state index < -0.39 is 0 Å². The molecule has 1 N–H and O–H groups in total. The molecular weight excluding hydrogens is 316 g/mol. The van der Waals surface area contributed by atoms with Crippen LogP contribution in [0.3, 0.4) is 0 Å². The molecule has 0 atom stereocenters. The minimum absolute atomic E-state index is 0.0550. The van der Waals surface area contributed by atoms with Gasteiger partial charge in [0.25, 0.3) is 0 Å². The summed E-state index contributed by atoms with van der Waals surface area (Å²) in [5.74, 6) is 1.94. The Morgan fingerprint density at radius 2 is 1.52 bits per heavy atom. The number of para-hydroxylation sites is 1. The maximum absolute atomic E-state index is 12.2. The Labute approximate surface area is 143 Å². The molecule has 1 heterocycles. The molecule has 0 radical (unpaired) electrons. The van der Waals surface area contributed by atoms with Crippen LogP contribution in [0, 0.1) is 0 Å². The van der Waals surface area contributed by atoms with Gasteiger partial charge in [-0.2, -0.15) is 0 Å². The molecule has 4 aromatic rings. The van der Waals surface area contributed by atoms with Gasteiger partial charge in [-0.25, -0.2) is 0 Å². The Kier molecular flexibility index (Phi) is 3.71. The fourth-order valence-electron chi connectivity index (χ4n) is 2.60. The predicted octanol–water partition coefficient (Wildman–Crippen LogP) is 4.96. The van der Waals surface area contributed by atoms with Gasteiger partial charge in [0.2, 0.25) is 0 Å². The number of hydrogen-bond acceptors (Lipinski definition) is 4. The molecule has 0 aliphatic rings. The lowest BCUT2D eigenvalue weighted by Crippen LogP contribution is -1.99. The molecule has 1 aromatic heterocycles. The van der Waals surface area contributed by atoms with Crippen molar-refractivity contribution < 1.29 is 14.3 Å². The van der Waals surface area contributed by atoms with Crippen molar-refractivity contribution in [2.24, 2.45) is 0 Å². The molecule has 0 saturated carbocycles. The summed E-state index contributed by atoms with van der Waals surface area (Å²) in [7, 11) is 0. The quantitative estimate of drug-likeness (QED) is 0.577. The lowest BCUT2D eigenvalue weighted by molar-refractivity contribution is 0.474. The van der Waals surface area contributed by atoms with Crippen molar-refractivity contribution in [2.45, 2.75) is 0 Å². The fourth-order valence-corrected chi connectivity index (χ4v) is 2.60. The summed E-state index contributed by atoms with van der Waals surface area (Å²) in [5, 5.41) is 10.0. The second-order valence-electron chi connectivity index (χ2n) is 5.59. The first-order chi connectivity index (χ1) is 12.2. The van der Waals surface area contributed by atoms with Gasteiger partial charge in [-0.15, -0.1) is 0 Å². The molecular formula is C21H14O4. The topological polar surface area (TPSA) is 59.7 Å². The lowest BCUT2D eigenvalue weighted by Gasteiger charge is -2.07. The van der Waals surface area contributed by atoms with Crippen LogP contribution in [-0.2, 0) is 0 Å². The first-order valence-corrected chi connectivity index (χ1v) is 7.79. The molecule has 0 aliphatic carbocycles. The highest BCUT2D eigenvalue weighted by Gasteiger charge is 2.08. The summed E-state index contributed by atoms with van der Waals surface area (Å²) >= 11 is 0. The third-order valence-corrected chi connectivity index (χ3v) is 3.83. The van der Waals surface area contributed by atoms with E-state index in [1.807, 2.05) is 54.6 Å². The summed E-state index contributed by atoms with van der Waals surface area (Å²) in [6.07, 6.45) is 0. The Balaban J connectivity index is 1.68. The lowest BCUT2D eigenvalue weighted by atomic mass is 10.1. The van der Waals surface area contributed by atoms with Crippen LogP contribution in [0.5, 0.6) is 17.2 Å². The number of benzene rings is 3. The highest BCUT2D eigenvalue weighted by atomic mass is 16.5. The van der Waals surface area contributed by atoms with Gasteiger partial charge in [-0.3, -0.25) is 4.79 Å². The number of rotatable bonds is 3. The van der Waals surface area contributed by atoms with E-state index in [2.05, 4.69) is 0 Å². The number of ether oxygens (including phenoxy) is 1. The van der Waals surface area contributed by atoms with Crippen LogP contribution in [0.1, 0.15) is 0 Å². The third-order valence-electron chi connectivity index (χ3n) is 3.83. The zero-order valence-corrected chi connectivity index (χ0v) is 13.2. The highest BCUT2D eigenvalue weighted by Crippen LogP contribution is 2.27. The monoisotopic (exact) mass is 330 g/mol. The predicted molar refractivity (Wildman–Crippen MR) is 96.1 cm³/mol. The van der Waals surface area contributed by atoms with Gasteiger partial charge in [0.1, 0.15) is 28.6 Å². The molecule has 0 saturated heterocycles. The van der Waals surface area contributed by atoms with E-state index in [0.717, 1.165) is 11.3 Å². The van der Waals surface area contributed by atoms with Gasteiger partial charge < -0.3 is 14.3 Å². The summed E-state index contributed by atoms with van der Waals surface area (Å²) in [6, 6.07) is 22.7. The first-order valence-electron chi connectivity index (χ1n) is 7.79. The molecule has 4 nitrogen and oxygen atoms in total. The Morgan fingerprint density at radius 1 is 0.800 bits per heavy atom. The van der Waals surface area contributed by atoms with Gasteiger partial charge in [0.05, 0.1) is 5.39 Å². The van der Waals surface area contributed by atoms with E-state index in [0.29, 0.717) is 22.5 Å². The fraction of sp³-hybridized carbons (Fsp3) is 0. The van der Waals surface area contributed by atoms with Gasteiger partial charge in [0, 0.05) is 17.7 Å². The van der Waals surface area contributed by atoms with E-state index in [1.54, 1.807) is 6.07 Å². The molecule has 3 aromatic carbocycles. The zero-order chi connectivity index (χ0) is 17.2. The SMILES string of the molecule is O=c1cc(-c2ccc(Oc3ccccc3)cc2)oc2cc(O)ccc12. The van der Waals surface area contributed by atoms with Crippen LogP contribution in [0.25, 0.3) is 22.3 Å². The van der Waals surface area contributed by atoms with Crippen LogP contribution < -0.4 is 10.2 Å². The van der Waals surface area contributed by atoms with Crippen molar-refractivity contribution in [1.29, 1.82) is 0 Å². The normalized spacial score (nSPS) is 10.7. The molecule has 0 unspecified atom stereocenters. The number of phenols is 1. The molecule has 0 spiro atoms. The molecule has 4 heteroatoms. The number of hydrogen-bond donors (Lipinski definition) is 1. The average molecular weight is 330 g/mol. The molecule has 122 valence electrons. The third kappa shape index (κ3) is 3.10. The summed E-state index contributed by atoms with van der Waals surface area (Å²) in [4.78, 5) is 12.2. The van der Waals surface area contributed by atoms with E-state index in [4.69, 9.17) is 9.15 Å². The van der Waals surface area contributed by atoms with Crippen LogP contribution >= 0.6 is 0 Å². The average Bonchev–Trinajstić information content (AvgIpc) is 2.63. The Hall–Kier alpha value is -3.53. The van der Waals surface area contributed by atoms with Crippen LogP contribution in [0.4, 0.5) is 0 Å². The standard InChI is InChI=1S/C21H14O4/c22-15-8-11-18-19(23)13-20(25-21(18)12-15)14-6-9-17(10-7-14)24-16-4-2-1-3-5-16/h1-13,22H. The maximum Gasteiger partial charge on any atom is 0.193 e. The van der Waals surface area contributed by atoms with Crippen molar-refractivity contribution >= 4 is 11.0 Å². The zero-order valence-electron chi connectivity index (χ0n) is 13.2. The van der Waals surface area contributed by atoms with Gasteiger partial charge in [-0.05, 0) is 48.5 Å². The summed E-state index contributed by atoms with van der Waals surface area (Å²) in [5.41, 5.74) is 0.954. The van der Waals surface area contributed by atoms with Crippen molar-refractivity contribution in [3.8, 4) is 28.6 Å². The van der Waals surface area contributed by atoms with E-state index >= 15 is 0 Å². The molecule has 0 amide bonds. The molecule has 4 rings (SSSR count). The van der Waals surface area contributed by atoms with Gasteiger partial charge in [0.15, 0.2) is 5.43 Å². The minimum atomic E-state index is -0.152. The van der Waals surface area contributed by atoms with Crippen molar-refractivity contribution in [1.82, 2.24) is 0 Å². The van der Waals surface area contributed by atoms with Crippen LogP contribution in [0.2, 0.25) is 0 Å². The Morgan fingerprint density at radius 3 is 2.28 bits per heavy atom. The number of phenolic OH excluding ortho intramolecular Hbond substituents is 1. The second kappa shape index (κ2) is 6.17. The van der Waals surface area contributed by atoms with Crippen molar-refractivity contribution in [2.75, 3.05) is 0 Å². The Bertz CT molecular complexity index is 1080. The molecule has 0 fully saturated rings. The minimum Gasteiger partial charge on any atom is -0.508 e. The number of fused-ring (bicyclic) bond motifs is 1. The van der Waals surface area contributed by atoms with E-state index in [9.17, 15) is 9.90 Å². The smallest absolute Gasteiger partial charge is 0.193 e. The van der Waals surface area contributed by atoms with Gasteiger partial charge >= 0.3 is 0 Å². The largest absolute Gasteiger partial charge is 0.508 e. The van der Waals surface area contributed by atoms with Crippen molar-refractivity contribution in [3.63, 3.8) is 0 Å². The summed E-state index contributed by atoms with van der Waals surface area (Å²) < 4.78 is 11.5. The number of aromatic hydroxyl groups is 1.